The number of alkyl halides is 1. The first kappa shape index (κ1) is 33.0. The van der Waals surface area contributed by atoms with Gasteiger partial charge < -0.3 is 24.6 Å². The molecule has 2 amide bonds. The SMILES string of the molecule is O=C(COc1ccccc1)NC1C(=O)N(C(C(=O)OCc2ccc([N+](=O)[O-])cc2)=C(O)CBr)C1SC(=O)OCc1ccccc1. The van der Waals surface area contributed by atoms with Crippen LogP contribution in [0.2, 0.25) is 0 Å². The molecule has 15 heteroatoms. The second kappa shape index (κ2) is 15.7. The Kier molecular flexibility index (Phi) is 11.5. The van der Waals surface area contributed by atoms with Crippen LogP contribution in [0.1, 0.15) is 11.1 Å². The van der Waals surface area contributed by atoms with Crippen LogP contribution in [0.3, 0.4) is 0 Å². The first-order chi connectivity index (χ1) is 21.7. The minimum Gasteiger partial charge on any atom is -0.509 e. The third kappa shape index (κ3) is 8.83. The van der Waals surface area contributed by atoms with Gasteiger partial charge in [-0.15, -0.1) is 0 Å². The van der Waals surface area contributed by atoms with Crippen molar-refractivity contribution in [2.24, 2.45) is 0 Å². The van der Waals surface area contributed by atoms with Crippen molar-refractivity contribution in [2.45, 2.75) is 24.6 Å². The number of nitro benzene ring substituents is 1. The second-order valence-corrected chi connectivity index (χ2v) is 10.9. The molecule has 4 rings (SSSR count). The number of ether oxygens (including phenoxy) is 3. The molecule has 2 N–H and O–H groups in total. The summed E-state index contributed by atoms with van der Waals surface area (Å²) in [6.07, 6.45) is 0. The maximum absolute atomic E-state index is 13.4. The molecule has 0 radical (unpaired) electrons. The van der Waals surface area contributed by atoms with E-state index in [2.05, 4.69) is 21.2 Å². The summed E-state index contributed by atoms with van der Waals surface area (Å²) in [5, 5.41) is 21.8. The number of aliphatic hydroxyl groups is 1. The highest BCUT2D eigenvalue weighted by Gasteiger charge is 2.54. The van der Waals surface area contributed by atoms with Crippen molar-refractivity contribution in [2.75, 3.05) is 11.9 Å². The third-order valence-electron chi connectivity index (χ3n) is 6.24. The number of allylic oxidation sites excluding steroid dienone is 1. The lowest BCUT2D eigenvalue weighted by atomic mass is 10.1. The minimum absolute atomic E-state index is 0.0676. The minimum atomic E-state index is -1.29. The van der Waals surface area contributed by atoms with E-state index in [0.717, 1.165) is 4.90 Å². The second-order valence-electron chi connectivity index (χ2n) is 9.32. The number of nitro groups is 1. The van der Waals surface area contributed by atoms with Crippen molar-refractivity contribution in [1.29, 1.82) is 0 Å². The number of esters is 1. The average Bonchev–Trinajstić information content (AvgIpc) is 3.06. The molecule has 0 bridgehead atoms. The van der Waals surface area contributed by atoms with Gasteiger partial charge in [-0.25, -0.2) is 9.59 Å². The monoisotopic (exact) mass is 699 g/mol. The highest BCUT2D eigenvalue weighted by molar-refractivity contribution is 9.09. The van der Waals surface area contributed by atoms with Gasteiger partial charge in [0.2, 0.25) is 0 Å². The number of aliphatic hydroxyl groups excluding tert-OH is 1. The Balaban J connectivity index is 1.50. The van der Waals surface area contributed by atoms with E-state index in [0.29, 0.717) is 28.6 Å². The van der Waals surface area contributed by atoms with Crippen molar-refractivity contribution in [1.82, 2.24) is 10.2 Å². The van der Waals surface area contributed by atoms with Gasteiger partial charge in [0.05, 0.1) is 10.3 Å². The fourth-order valence-electron chi connectivity index (χ4n) is 4.03. The maximum atomic E-state index is 13.4. The summed E-state index contributed by atoms with van der Waals surface area (Å²) in [4.78, 5) is 63.3. The molecule has 0 spiro atoms. The third-order valence-corrected chi connectivity index (χ3v) is 7.81. The first-order valence-corrected chi connectivity index (χ1v) is 15.2. The van der Waals surface area contributed by atoms with Crippen LogP contribution in [0.25, 0.3) is 0 Å². The molecule has 1 aliphatic rings. The smallest absolute Gasteiger partial charge is 0.369 e. The molecular formula is C30H26BrN3O10S. The summed E-state index contributed by atoms with van der Waals surface area (Å²) in [6.45, 7) is -0.843. The molecule has 2 unspecified atom stereocenters. The summed E-state index contributed by atoms with van der Waals surface area (Å²) in [6, 6.07) is 21.3. The van der Waals surface area contributed by atoms with Gasteiger partial charge in [0.25, 0.3) is 17.5 Å². The molecule has 1 saturated heterocycles. The Labute approximate surface area is 269 Å². The van der Waals surface area contributed by atoms with Crippen LogP contribution < -0.4 is 10.1 Å². The van der Waals surface area contributed by atoms with E-state index in [1.54, 1.807) is 60.7 Å². The predicted molar refractivity (Wildman–Crippen MR) is 165 cm³/mol. The molecule has 1 aliphatic heterocycles. The number of hydrogen-bond acceptors (Lipinski definition) is 11. The Morgan fingerprint density at radius 2 is 1.53 bits per heavy atom. The van der Waals surface area contributed by atoms with Gasteiger partial charge in [-0.05, 0) is 47.2 Å². The lowest BCUT2D eigenvalue weighted by Gasteiger charge is -2.46. The lowest BCUT2D eigenvalue weighted by molar-refractivity contribution is -0.384. The molecule has 1 fully saturated rings. The van der Waals surface area contributed by atoms with E-state index in [9.17, 15) is 34.4 Å². The molecular weight excluding hydrogens is 674 g/mol. The number of benzene rings is 3. The van der Waals surface area contributed by atoms with Gasteiger partial charge in [0.15, 0.2) is 12.3 Å². The van der Waals surface area contributed by atoms with E-state index in [1.165, 1.54) is 24.3 Å². The number of thioether (sulfide) groups is 1. The van der Waals surface area contributed by atoms with Gasteiger partial charge in [-0.1, -0.05) is 64.5 Å². The van der Waals surface area contributed by atoms with Crippen LogP contribution in [0, 0.1) is 10.1 Å². The molecule has 0 aromatic heterocycles. The van der Waals surface area contributed by atoms with Crippen LogP contribution in [0.4, 0.5) is 10.5 Å². The zero-order valence-corrected chi connectivity index (χ0v) is 25.8. The van der Waals surface area contributed by atoms with Crippen LogP contribution in [-0.4, -0.2) is 61.4 Å². The number of halogens is 1. The molecule has 1 heterocycles. The Hall–Kier alpha value is -4.89. The Morgan fingerprint density at radius 3 is 2.16 bits per heavy atom. The lowest BCUT2D eigenvalue weighted by Crippen LogP contribution is -2.70. The van der Waals surface area contributed by atoms with Crippen LogP contribution in [0.15, 0.2) is 96.4 Å². The molecule has 234 valence electrons. The zero-order chi connectivity index (χ0) is 32.3. The highest BCUT2D eigenvalue weighted by atomic mass is 79.9. The van der Waals surface area contributed by atoms with E-state index >= 15 is 0 Å². The number of hydrogen-bond donors (Lipinski definition) is 2. The van der Waals surface area contributed by atoms with E-state index < -0.39 is 57.5 Å². The standard InChI is InChI=1S/C30H26BrN3O10S/c31-15-23(35)26(29(38)43-16-20-11-13-21(14-12-20)34(40)41)33-27(37)25(32-24(36)18-42-22-9-5-2-6-10-22)28(33)45-30(39)44-17-19-7-3-1-4-8-19/h1-14,25,28,35H,15-18H2,(H,32,36). The number of likely N-dealkylation sites (tertiary alicyclic amines) is 1. The number of β-lactam (4-membered cyclic amide) rings is 1. The molecule has 0 saturated carbocycles. The van der Waals surface area contributed by atoms with Crippen LogP contribution in [-0.2, 0) is 37.1 Å². The average molecular weight is 701 g/mol. The van der Waals surface area contributed by atoms with Gasteiger partial charge >= 0.3 is 11.3 Å². The van der Waals surface area contributed by atoms with E-state index in [4.69, 9.17) is 14.2 Å². The number of para-hydroxylation sites is 1. The number of amides is 2. The van der Waals surface area contributed by atoms with Crippen LogP contribution >= 0.6 is 27.7 Å². The molecule has 45 heavy (non-hydrogen) atoms. The molecule has 3 aromatic rings. The van der Waals surface area contributed by atoms with Gasteiger partial charge in [0, 0.05) is 12.1 Å². The predicted octanol–water partition coefficient (Wildman–Crippen LogP) is 4.60. The van der Waals surface area contributed by atoms with Crippen molar-refractivity contribution in [3.05, 3.63) is 118 Å². The molecule has 13 nitrogen and oxygen atoms in total. The Bertz CT molecular complexity index is 1570. The number of carbonyl (C=O) groups excluding carboxylic acids is 4. The van der Waals surface area contributed by atoms with Crippen molar-refractivity contribution >= 4 is 56.5 Å². The fraction of sp³-hybridized carbons (Fsp3) is 0.200. The van der Waals surface area contributed by atoms with E-state index in [1.807, 2.05) is 0 Å². The summed E-state index contributed by atoms with van der Waals surface area (Å²) in [5.41, 5.74) is 0.400. The number of carbonyl (C=O) groups is 4. The number of non-ortho nitro benzene ring substituents is 1. The number of rotatable bonds is 13. The topological polar surface area (TPSA) is 175 Å². The molecule has 3 aromatic carbocycles. The Morgan fingerprint density at radius 1 is 0.933 bits per heavy atom. The quantitative estimate of drug-likeness (QED) is 0.0485. The summed E-state index contributed by atoms with van der Waals surface area (Å²) in [5.74, 6) is -2.73. The van der Waals surface area contributed by atoms with E-state index in [-0.39, 0.29) is 24.2 Å². The summed E-state index contributed by atoms with van der Waals surface area (Å²) < 4.78 is 16.1. The van der Waals surface area contributed by atoms with Gasteiger partial charge in [-0.3, -0.25) is 24.6 Å². The summed E-state index contributed by atoms with van der Waals surface area (Å²) >= 11 is 3.59. The molecule has 0 aliphatic carbocycles. The highest BCUT2D eigenvalue weighted by Crippen LogP contribution is 2.36. The van der Waals surface area contributed by atoms with Gasteiger partial charge in [0.1, 0.15) is 36.1 Å². The number of nitrogens with zero attached hydrogens (tertiary/aromatic N) is 2. The van der Waals surface area contributed by atoms with Crippen molar-refractivity contribution < 1.29 is 43.4 Å². The van der Waals surface area contributed by atoms with Crippen LogP contribution in [0.5, 0.6) is 5.75 Å². The largest absolute Gasteiger partial charge is 0.509 e. The van der Waals surface area contributed by atoms with Crippen molar-refractivity contribution in [3.63, 3.8) is 0 Å². The summed E-state index contributed by atoms with van der Waals surface area (Å²) in [7, 11) is 0. The zero-order valence-electron chi connectivity index (χ0n) is 23.4. The first-order valence-electron chi connectivity index (χ1n) is 13.2. The fourth-order valence-corrected chi connectivity index (χ4v) is 5.26. The number of nitrogens with one attached hydrogen (secondary N) is 1. The maximum Gasteiger partial charge on any atom is 0.369 e. The van der Waals surface area contributed by atoms with Crippen molar-refractivity contribution in [3.8, 4) is 5.75 Å². The van der Waals surface area contributed by atoms with Gasteiger partial charge in [-0.2, -0.15) is 0 Å². The normalized spacial score (nSPS) is 16.1. The molecule has 2 atom stereocenters.